The molecule has 72 valence electrons. The van der Waals surface area contributed by atoms with E-state index >= 15 is 0 Å². The Morgan fingerprint density at radius 2 is 1.60 bits per heavy atom. The van der Waals surface area contributed by atoms with Gasteiger partial charge in [0.15, 0.2) is 0 Å². The predicted molar refractivity (Wildman–Crippen MR) is 59.8 cm³/mol. The van der Waals surface area contributed by atoms with E-state index in [1.54, 1.807) is 6.07 Å². The van der Waals surface area contributed by atoms with Gasteiger partial charge in [0.05, 0.1) is 0 Å². The number of hydrogen-bond donors (Lipinski definition) is 0. The zero-order valence-electron chi connectivity index (χ0n) is 8.07. The van der Waals surface area contributed by atoms with Crippen molar-refractivity contribution in [1.29, 1.82) is 0 Å². The van der Waals surface area contributed by atoms with E-state index in [-0.39, 0.29) is 5.82 Å². The molecule has 0 aliphatic rings. The molecule has 0 aliphatic heterocycles. The number of halogens is 1. The van der Waals surface area contributed by atoms with Gasteiger partial charge in [0, 0.05) is 5.56 Å². The van der Waals surface area contributed by atoms with Gasteiger partial charge in [-0.25, -0.2) is 4.39 Å². The largest absolute Gasteiger partial charge is 0.207 e. The summed E-state index contributed by atoms with van der Waals surface area (Å²) >= 11 is 0. The van der Waals surface area contributed by atoms with Crippen LogP contribution in [0.5, 0.6) is 0 Å². The number of benzene rings is 2. The van der Waals surface area contributed by atoms with E-state index in [2.05, 4.69) is 5.92 Å². The molecule has 0 radical (unpaired) electrons. The van der Waals surface area contributed by atoms with Gasteiger partial charge in [0.1, 0.15) is 5.82 Å². The molecular formula is C14H9F. The fraction of sp³-hybridized carbons (Fsp3) is 0. The topological polar surface area (TPSA) is 0 Å². The van der Waals surface area contributed by atoms with Gasteiger partial charge in [-0.15, -0.1) is 6.42 Å². The first-order chi connectivity index (χ1) is 7.29. The third kappa shape index (κ3) is 2.05. The molecule has 0 spiro atoms. The highest BCUT2D eigenvalue weighted by Gasteiger charge is 1.99. The molecular weight excluding hydrogens is 187 g/mol. The molecule has 2 aromatic rings. The van der Waals surface area contributed by atoms with Crippen LogP contribution in [0.15, 0.2) is 48.5 Å². The Hall–Kier alpha value is -2.07. The van der Waals surface area contributed by atoms with Gasteiger partial charge in [0.2, 0.25) is 0 Å². The summed E-state index contributed by atoms with van der Waals surface area (Å²) in [6, 6.07) is 14.0. The van der Waals surface area contributed by atoms with Gasteiger partial charge in [-0.3, -0.25) is 0 Å². The van der Waals surface area contributed by atoms with Crippen molar-refractivity contribution < 1.29 is 4.39 Å². The van der Waals surface area contributed by atoms with E-state index in [0.717, 1.165) is 16.7 Å². The maximum absolute atomic E-state index is 13.0. The van der Waals surface area contributed by atoms with Crippen LogP contribution in [0, 0.1) is 18.2 Å². The van der Waals surface area contributed by atoms with Crippen LogP contribution >= 0.6 is 0 Å². The SMILES string of the molecule is C#Cc1cccc(-c2cccc(F)c2)c1. The lowest BCUT2D eigenvalue weighted by Gasteiger charge is -2.02. The molecule has 0 atom stereocenters. The van der Waals surface area contributed by atoms with Crippen molar-refractivity contribution in [2.24, 2.45) is 0 Å². The molecule has 1 heteroatoms. The summed E-state index contributed by atoms with van der Waals surface area (Å²) in [4.78, 5) is 0. The summed E-state index contributed by atoms with van der Waals surface area (Å²) in [5.41, 5.74) is 2.58. The second-order valence-corrected chi connectivity index (χ2v) is 3.24. The van der Waals surface area contributed by atoms with Crippen molar-refractivity contribution in [2.45, 2.75) is 0 Å². The maximum Gasteiger partial charge on any atom is 0.123 e. The highest BCUT2D eigenvalue weighted by atomic mass is 19.1. The summed E-state index contributed by atoms with van der Waals surface area (Å²) < 4.78 is 13.0. The van der Waals surface area contributed by atoms with Crippen molar-refractivity contribution in [2.75, 3.05) is 0 Å². The normalized spacial score (nSPS) is 9.60. The van der Waals surface area contributed by atoms with E-state index in [0.29, 0.717) is 0 Å². The molecule has 0 aromatic heterocycles. The zero-order valence-corrected chi connectivity index (χ0v) is 8.07. The smallest absolute Gasteiger partial charge is 0.123 e. The molecule has 0 bridgehead atoms. The van der Waals surface area contributed by atoms with E-state index in [4.69, 9.17) is 6.42 Å². The van der Waals surface area contributed by atoms with Crippen molar-refractivity contribution in [3.8, 4) is 23.5 Å². The first kappa shape index (κ1) is 9.48. The van der Waals surface area contributed by atoms with E-state index in [9.17, 15) is 4.39 Å². The van der Waals surface area contributed by atoms with Crippen LogP contribution in [0.4, 0.5) is 4.39 Å². The molecule has 0 unspecified atom stereocenters. The Balaban J connectivity index is 2.50. The average Bonchev–Trinajstić information content (AvgIpc) is 2.29. The summed E-state index contributed by atoms with van der Waals surface area (Å²) in [7, 11) is 0. The Bertz CT molecular complexity index is 521. The Morgan fingerprint density at radius 1 is 0.933 bits per heavy atom. The van der Waals surface area contributed by atoms with Crippen LogP contribution in [-0.4, -0.2) is 0 Å². The lowest BCUT2D eigenvalue weighted by molar-refractivity contribution is 0.628. The third-order valence-corrected chi connectivity index (χ3v) is 2.19. The molecule has 0 amide bonds. The van der Waals surface area contributed by atoms with E-state index < -0.39 is 0 Å². The highest BCUT2D eigenvalue weighted by molar-refractivity contribution is 5.65. The molecule has 0 heterocycles. The fourth-order valence-corrected chi connectivity index (χ4v) is 1.46. The molecule has 15 heavy (non-hydrogen) atoms. The Kier molecular flexibility index (Phi) is 2.51. The summed E-state index contributed by atoms with van der Waals surface area (Å²) in [6.45, 7) is 0. The Labute approximate surface area is 88.4 Å². The average molecular weight is 196 g/mol. The van der Waals surface area contributed by atoms with E-state index in [1.165, 1.54) is 12.1 Å². The minimum absolute atomic E-state index is 0.237. The molecule has 0 fully saturated rings. The summed E-state index contributed by atoms with van der Waals surface area (Å²) in [5, 5.41) is 0. The van der Waals surface area contributed by atoms with Crippen LogP contribution in [0.1, 0.15) is 5.56 Å². The van der Waals surface area contributed by atoms with Gasteiger partial charge >= 0.3 is 0 Å². The molecule has 0 saturated carbocycles. The second-order valence-electron chi connectivity index (χ2n) is 3.24. The van der Waals surface area contributed by atoms with Gasteiger partial charge in [-0.2, -0.15) is 0 Å². The van der Waals surface area contributed by atoms with Gasteiger partial charge in [-0.1, -0.05) is 30.2 Å². The van der Waals surface area contributed by atoms with Crippen LogP contribution in [-0.2, 0) is 0 Å². The molecule has 0 nitrogen and oxygen atoms in total. The standard InChI is InChI=1S/C14H9F/c1-2-11-5-3-6-12(9-11)13-7-4-8-14(15)10-13/h1,3-10H. The molecule has 0 N–H and O–H groups in total. The highest BCUT2D eigenvalue weighted by Crippen LogP contribution is 2.20. The fourth-order valence-electron chi connectivity index (χ4n) is 1.46. The van der Waals surface area contributed by atoms with Crippen LogP contribution < -0.4 is 0 Å². The van der Waals surface area contributed by atoms with Gasteiger partial charge in [0.25, 0.3) is 0 Å². The molecule has 2 aromatic carbocycles. The van der Waals surface area contributed by atoms with Crippen molar-refractivity contribution >= 4 is 0 Å². The first-order valence-electron chi connectivity index (χ1n) is 4.62. The van der Waals surface area contributed by atoms with Crippen molar-refractivity contribution in [3.63, 3.8) is 0 Å². The van der Waals surface area contributed by atoms with Crippen LogP contribution in [0.2, 0.25) is 0 Å². The first-order valence-corrected chi connectivity index (χ1v) is 4.62. The number of terminal acetylenes is 1. The molecule has 0 aliphatic carbocycles. The second kappa shape index (κ2) is 3.98. The van der Waals surface area contributed by atoms with Crippen molar-refractivity contribution in [1.82, 2.24) is 0 Å². The van der Waals surface area contributed by atoms with Gasteiger partial charge < -0.3 is 0 Å². The lowest BCUT2D eigenvalue weighted by atomic mass is 10.0. The third-order valence-electron chi connectivity index (χ3n) is 2.19. The summed E-state index contributed by atoms with van der Waals surface area (Å²) in [5.74, 6) is 2.32. The Morgan fingerprint density at radius 3 is 2.27 bits per heavy atom. The predicted octanol–water partition coefficient (Wildman–Crippen LogP) is 3.47. The number of hydrogen-bond acceptors (Lipinski definition) is 0. The monoisotopic (exact) mass is 196 g/mol. The van der Waals surface area contributed by atoms with Crippen LogP contribution in [0.3, 0.4) is 0 Å². The quantitative estimate of drug-likeness (QED) is 0.612. The maximum atomic E-state index is 13.0. The molecule has 2 rings (SSSR count). The minimum Gasteiger partial charge on any atom is -0.207 e. The zero-order chi connectivity index (χ0) is 10.7. The number of rotatable bonds is 1. The van der Waals surface area contributed by atoms with Crippen LogP contribution in [0.25, 0.3) is 11.1 Å². The van der Waals surface area contributed by atoms with Gasteiger partial charge in [-0.05, 0) is 35.4 Å². The van der Waals surface area contributed by atoms with Crippen molar-refractivity contribution in [3.05, 3.63) is 59.9 Å². The summed E-state index contributed by atoms with van der Waals surface area (Å²) in [6.07, 6.45) is 5.30. The lowest BCUT2D eigenvalue weighted by Crippen LogP contribution is -1.81. The molecule has 0 saturated heterocycles. The van der Waals surface area contributed by atoms with E-state index in [1.807, 2.05) is 30.3 Å². The minimum atomic E-state index is -0.237.